The van der Waals surface area contributed by atoms with Gasteiger partial charge in [-0.3, -0.25) is 14.5 Å². The first-order chi connectivity index (χ1) is 16.1. The lowest BCUT2D eigenvalue weighted by Crippen LogP contribution is -2.53. The molecule has 0 aromatic heterocycles. The molecule has 0 aliphatic carbocycles. The van der Waals surface area contributed by atoms with Gasteiger partial charge in [0.2, 0.25) is 21.8 Å². The Morgan fingerprint density at radius 3 is 2.68 bits per heavy atom. The van der Waals surface area contributed by atoms with Crippen LogP contribution in [0.2, 0.25) is 0 Å². The van der Waals surface area contributed by atoms with Crippen molar-refractivity contribution in [2.24, 2.45) is 5.92 Å². The number of rotatable bonds is 7. The van der Waals surface area contributed by atoms with Gasteiger partial charge in [0, 0.05) is 45.7 Å². The SMILES string of the molecule is C[C@H](c1cccc(S(=O)(=O)N(C)C)c1)N1C(=O)[C@H]2C[C@@H]1CN2C[C@H](C)C(=O)N1CCC[C@H]1C#N. The van der Waals surface area contributed by atoms with Crippen molar-refractivity contribution in [3.8, 4) is 6.07 Å². The van der Waals surface area contributed by atoms with Crippen molar-refractivity contribution >= 4 is 21.8 Å². The number of piperazine rings is 1. The maximum absolute atomic E-state index is 13.3. The second-order valence-corrected chi connectivity index (χ2v) is 12.0. The second kappa shape index (κ2) is 9.29. The summed E-state index contributed by atoms with van der Waals surface area (Å²) in [6.45, 7) is 5.63. The van der Waals surface area contributed by atoms with E-state index in [4.69, 9.17) is 0 Å². The first-order valence-electron chi connectivity index (χ1n) is 11.8. The number of amides is 2. The maximum Gasteiger partial charge on any atom is 0.242 e. The molecule has 3 heterocycles. The lowest BCUT2D eigenvalue weighted by molar-refractivity contribution is -0.142. The number of fused-ring (bicyclic) bond motifs is 2. The molecule has 34 heavy (non-hydrogen) atoms. The van der Waals surface area contributed by atoms with E-state index >= 15 is 0 Å². The molecule has 2 bridgehead atoms. The molecule has 4 rings (SSSR count). The quantitative estimate of drug-likeness (QED) is 0.576. The van der Waals surface area contributed by atoms with Gasteiger partial charge in [-0.2, -0.15) is 5.26 Å². The van der Waals surface area contributed by atoms with Crippen LogP contribution in [0.5, 0.6) is 0 Å². The number of hydrogen-bond donors (Lipinski definition) is 0. The van der Waals surface area contributed by atoms with Crippen LogP contribution in [0.4, 0.5) is 0 Å². The Morgan fingerprint density at radius 1 is 1.29 bits per heavy atom. The highest BCUT2D eigenvalue weighted by molar-refractivity contribution is 7.89. The highest BCUT2D eigenvalue weighted by Crippen LogP contribution is 2.38. The highest BCUT2D eigenvalue weighted by Gasteiger charge is 2.51. The van der Waals surface area contributed by atoms with Gasteiger partial charge in [0.25, 0.3) is 0 Å². The van der Waals surface area contributed by atoms with Gasteiger partial charge < -0.3 is 9.80 Å². The van der Waals surface area contributed by atoms with Gasteiger partial charge in [-0.1, -0.05) is 19.1 Å². The highest BCUT2D eigenvalue weighted by atomic mass is 32.2. The van der Waals surface area contributed by atoms with Gasteiger partial charge in [0.1, 0.15) is 6.04 Å². The van der Waals surface area contributed by atoms with E-state index in [1.54, 1.807) is 23.1 Å². The zero-order chi connectivity index (χ0) is 24.8. The Bertz CT molecular complexity index is 1110. The van der Waals surface area contributed by atoms with Crippen molar-refractivity contribution < 1.29 is 18.0 Å². The molecule has 184 valence electrons. The smallest absolute Gasteiger partial charge is 0.242 e. The minimum Gasteiger partial charge on any atom is -0.330 e. The molecule has 0 N–H and O–H groups in total. The lowest BCUT2D eigenvalue weighted by Gasteiger charge is -2.38. The number of hydrogen-bond acceptors (Lipinski definition) is 6. The minimum atomic E-state index is -3.56. The Labute approximate surface area is 201 Å². The Kier molecular flexibility index (Phi) is 6.73. The molecule has 3 fully saturated rings. The summed E-state index contributed by atoms with van der Waals surface area (Å²) in [5.74, 6) is -0.261. The second-order valence-electron chi connectivity index (χ2n) is 9.86. The summed E-state index contributed by atoms with van der Waals surface area (Å²) in [7, 11) is -0.560. The van der Waals surface area contributed by atoms with Crippen molar-refractivity contribution in [2.75, 3.05) is 33.7 Å². The van der Waals surface area contributed by atoms with E-state index in [1.165, 1.54) is 18.4 Å². The van der Waals surface area contributed by atoms with E-state index in [1.807, 2.05) is 24.8 Å². The average molecular weight is 488 g/mol. The molecule has 0 spiro atoms. The van der Waals surface area contributed by atoms with Gasteiger partial charge >= 0.3 is 0 Å². The van der Waals surface area contributed by atoms with E-state index in [0.717, 1.165) is 18.4 Å². The summed E-state index contributed by atoms with van der Waals surface area (Å²) in [6.07, 6.45) is 2.30. The zero-order valence-electron chi connectivity index (χ0n) is 20.2. The third kappa shape index (κ3) is 4.21. The maximum atomic E-state index is 13.3. The molecule has 1 aromatic carbocycles. The first-order valence-corrected chi connectivity index (χ1v) is 13.3. The molecular formula is C24H33N5O4S. The van der Waals surface area contributed by atoms with Crippen molar-refractivity contribution in [3.63, 3.8) is 0 Å². The number of nitrogens with zero attached hydrogens (tertiary/aromatic N) is 5. The van der Waals surface area contributed by atoms with Gasteiger partial charge in [-0.25, -0.2) is 12.7 Å². The van der Waals surface area contributed by atoms with Crippen LogP contribution < -0.4 is 0 Å². The van der Waals surface area contributed by atoms with Gasteiger partial charge in [-0.05, 0) is 43.9 Å². The van der Waals surface area contributed by atoms with E-state index in [-0.39, 0.29) is 46.8 Å². The van der Waals surface area contributed by atoms with E-state index in [9.17, 15) is 23.3 Å². The molecule has 0 unspecified atom stereocenters. The molecule has 5 atom stereocenters. The van der Waals surface area contributed by atoms with Crippen LogP contribution in [0.25, 0.3) is 0 Å². The van der Waals surface area contributed by atoms with Crippen LogP contribution in [-0.2, 0) is 19.6 Å². The van der Waals surface area contributed by atoms with Gasteiger partial charge in [-0.15, -0.1) is 0 Å². The molecule has 3 aliphatic heterocycles. The predicted octanol–water partition coefficient (Wildman–Crippen LogP) is 1.43. The summed E-state index contributed by atoms with van der Waals surface area (Å²) >= 11 is 0. The van der Waals surface area contributed by atoms with Crippen molar-refractivity contribution in [1.29, 1.82) is 5.26 Å². The summed E-state index contributed by atoms with van der Waals surface area (Å²) < 4.78 is 26.3. The Balaban J connectivity index is 1.43. The molecular weight excluding hydrogens is 454 g/mol. The van der Waals surface area contributed by atoms with Crippen LogP contribution in [0, 0.1) is 17.2 Å². The lowest BCUT2D eigenvalue weighted by atomic mass is 10.0. The molecule has 3 saturated heterocycles. The third-order valence-electron chi connectivity index (χ3n) is 7.47. The number of nitriles is 1. The monoisotopic (exact) mass is 487 g/mol. The Hall–Kier alpha value is -2.48. The summed E-state index contributed by atoms with van der Waals surface area (Å²) in [6, 6.07) is 8.20. The van der Waals surface area contributed by atoms with Crippen molar-refractivity contribution in [1.82, 2.24) is 19.0 Å². The molecule has 9 nitrogen and oxygen atoms in total. The number of likely N-dealkylation sites (tertiary alicyclic amines) is 3. The van der Waals surface area contributed by atoms with Crippen LogP contribution in [0.1, 0.15) is 44.7 Å². The van der Waals surface area contributed by atoms with E-state index in [2.05, 4.69) is 11.0 Å². The largest absolute Gasteiger partial charge is 0.330 e. The van der Waals surface area contributed by atoms with Crippen molar-refractivity contribution in [2.45, 2.75) is 62.2 Å². The zero-order valence-corrected chi connectivity index (χ0v) is 21.0. The van der Waals surface area contributed by atoms with Crippen LogP contribution in [0.15, 0.2) is 29.2 Å². The number of carbonyl (C=O) groups is 2. The third-order valence-corrected chi connectivity index (χ3v) is 9.28. The van der Waals surface area contributed by atoms with Crippen LogP contribution in [0.3, 0.4) is 0 Å². The molecule has 1 aromatic rings. The molecule has 10 heteroatoms. The fourth-order valence-electron chi connectivity index (χ4n) is 5.58. The standard InChI is InChI=1S/C24H33N5O4S/c1-16(23(30)28-10-6-8-19(28)13-25)14-27-15-20-12-22(27)24(31)29(20)17(2)18-7-5-9-21(11-18)34(32,33)26(3)4/h5,7,9,11,16-17,19-20,22H,6,8,10,12,14-15H2,1-4H3/t16-,17+,19-,20+,22+/m0/s1. The van der Waals surface area contributed by atoms with Crippen molar-refractivity contribution in [3.05, 3.63) is 29.8 Å². The summed E-state index contributed by atoms with van der Waals surface area (Å²) in [5, 5.41) is 9.30. The molecule has 0 radical (unpaired) electrons. The number of carbonyl (C=O) groups excluding carboxylic acids is 2. The number of sulfonamides is 1. The average Bonchev–Trinajstić information content (AvgIpc) is 3.52. The first kappa shape index (κ1) is 24.6. The minimum absolute atomic E-state index is 0.0107. The van der Waals surface area contributed by atoms with Gasteiger partial charge in [0.15, 0.2) is 0 Å². The van der Waals surface area contributed by atoms with E-state index < -0.39 is 10.0 Å². The number of benzene rings is 1. The van der Waals surface area contributed by atoms with E-state index in [0.29, 0.717) is 26.1 Å². The van der Waals surface area contributed by atoms with Crippen LogP contribution in [-0.4, -0.2) is 91.1 Å². The van der Waals surface area contributed by atoms with Crippen LogP contribution >= 0.6 is 0 Å². The molecule has 2 amide bonds. The van der Waals surface area contributed by atoms with Gasteiger partial charge in [0.05, 0.1) is 23.0 Å². The molecule has 0 saturated carbocycles. The predicted molar refractivity (Wildman–Crippen MR) is 126 cm³/mol. The molecule has 3 aliphatic rings. The normalized spacial score (nSPS) is 26.8. The summed E-state index contributed by atoms with van der Waals surface area (Å²) in [4.78, 5) is 32.1. The topological polar surface area (TPSA) is 105 Å². The fourth-order valence-corrected chi connectivity index (χ4v) is 6.54. The fraction of sp³-hybridized carbons (Fsp3) is 0.625. The summed E-state index contributed by atoms with van der Waals surface area (Å²) in [5.41, 5.74) is 0.787. The Morgan fingerprint density at radius 2 is 2.03 bits per heavy atom.